The number of rotatable bonds is 15. The normalized spacial score (nSPS) is 14.2. The summed E-state index contributed by atoms with van der Waals surface area (Å²) in [4.78, 5) is 20.2. The van der Waals surface area contributed by atoms with E-state index in [0.717, 1.165) is 45.8 Å². The summed E-state index contributed by atoms with van der Waals surface area (Å²) in [5, 5.41) is 20.9. The number of nitrogens with zero attached hydrogens (tertiary/aromatic N) is 6. The first-order valence-corrected chi connectivity index (χ1v) is 9.49. The van der Waals surface area contributed by atoms with Crippen molar-refractivity contribution in [3.05, 3.63) is 0 Å². The van der Waals surface area contributed by atoms with Crippen molar-refractivity contribution in [3.63, 3.8) is 0 Å². The van der Waals surface area contributed by atoms with Crippen LogP contribution in [-0.4, -0.2) is 117 Å². The molecule has 0 unspecified atom stereocenters. The Kier molecular flexibility index (Phi) is 12.1. The van der Waals surface area contributed by atoms with Gasteiger partial charge < -0.3 is 26.6 Å². The Labute approximate surface area is 162 Å². The lowest BCUT2D eigenvalue weighted by Crippen LogP contribution is -2.43. The van der Waals surface area contributed by atoms with Crippen molar-refractivity contribution in [3.8, 4) is 12.1 Å². The van der Waals surface area contributed by atoms with Crippen LogP contribution in [0.4, 0.5) is 4.79 Å². The molecule has 1 heterocycles. The lowest BCUT2D eigenvalue weighted by atomic mass is 10.4. The van der Waals surface area contributed by atoms with Crippen LogP contribution >= 0.6 is 0 Å². The molecule has 5 N–H and O–H groups in total. The van der Waals surface area contributed by atoms with Gasteiger partial charge in [-0.1, -0.05) is 0 Å². The molecular formula is C17H33N9O. The van der Waals surface area contributed by atoms with Crippen molar-refractivity contribution in [2.24, 2.45) is 11.5 Å². The molecule has 0 atom stereocenters. The van der Waals surface area contributed by atoms with E-state index in [-0.39, 0.29) is 19.1 Å². The van der Waals surface area contributed by atoms with Gasteiger partial charge in [0.1, 0.15) is 0 Å². The highest BCUT2D eigenvalue weighted by Gasteiger charge is 2.27. The molecule has 0 aliphatic carbocycles. The van der Waals surface area contributed by atoms with Crippen LogP contribution in [0.3, 0.4) is 0 Å². The fraction of sp³-hybridized carbons (Fsp3) is 0.824. The molecule has 1 fully saturated rings. The Morgan fingerprint density at radius 3 is 2.11 bits per heavy atom. The second kappa shape index (κ2) is 14.2. The van der Waals surface area contributed by atoms with Gasteiger partial charge in [0.25, 0.3) is 0 Å². The zero-order chi connectivity index (χ0) is 19.9. The second-order valence-corrected chi connectivity index (χ2v) is 6.45. The number of urea groups is 1. The van der Waals surface area contributed by atoms with E-state index in [1.807, 2.05) is 9.80 Å². The van der Waals surface area contributed by atoms with E-state index in [4.69, 9.17) is 22.0 Å². The van der Waals surface area contributed by atoms with Crippen molar-refractivity contribution < 1.29 is 4.79 Å². The molecule has 0 bridgehead atoms. The zero-order valence-electron chi connectivity index (χ0n) is 16.1. The van der Waals surface area contributed by atoms with Gasteiger partial charge in [0.05, 0.1) is 25.2 Å². The Hall–Kier alpha value is -1.95. The van der Waals surface area contributed by atoms with Crippen LogP contribution in [0.15, 0.2) is 0 Å². The molecule has 0 saturated carbocycles. The maximum atomic E-state index is 12.5. The molecule has 1 aliphatic rings. The Balaban J connectivity index is 2.37. The van der Waals surface area contributed by atoms with Crippen molar-refractivity contribution in [1.82, 2.24) is 24.9 Å². The largest absolute Gasteiger partial charge is 0.329 e. The number of hydrogen-bond acceptors (Lipinski definition) is 8. The second-order valence-electron chi connectivity index (χ2n) is 6.45. The summed E-state index contributed by atoms with van der Waals surface area (Å²) in [6.07, 6.45) is 0. The summed E-state index contributed by atoms with van der Waals surface area (Å²) in [6.45, 7) is 8.75. The molecule has 27 heavy (non-hydrogen) atoms. The fourth-order valence-electron chi connectivity index (χ4n) is 2.97. The van der Waals surface area contributed by atoms with Crippen LogP contribution < -0.4 is 16.8 Å². The van der Waals surface area contributed by atoms with E-state index >= 15 is 0 Å². The monoisotopic (exact) mass is 379 g/mol. The van der Waals surface area contributed by atoms with Crippen LogP contribution in [0, 0.1) is 22.7 Å². The predicted octanol–water partition coefficient (Wildman–Crippen LogP) is -2.12. The Bertz CT molecular complexity index is 486. The Morgan fingerprint density at radius 1 is 0.889 bits per heavy atom. The summed E-state index contributed by atoms with van der Waals surface area (Å²) in [5.74, 6) is 0. The van der Waals surface area contributed by atoms with Gasteiger partial charge in [0.2, 0.25) is 0 Å². The minimum atomic E-state index is 0.0767. The lowest BCUT2D eigenvalue weighted by Gasteiger charge is -2.27. The van der Waals surface area contributed by atoms with Gasteiger partial charge in [0, 0.05) is 78.5 Å². The minimum absolute atomic E-state index is 0.0767. The van der Waals surface area contributed by atoms with Crippen LogP contribution in [-0.2, 0) is 0 Å². The fourth-order valence-corrected chi connectivity index (χ4v) is 2.97. The number of carbonyl (C=O) groups is 1. The summed E-state index contributed by atoms with van der Waals surface area (Å²) in [5.41, 5.74) is 11.1. The smallest absolute Gasteiger partial charge is 0.320 e. The maximum Gasteiger partial charge on any atom is 0.320 e. The van der Waals surface area contributed by atoms with E-state index in [0.29, 0.717) is 32.7 Å². The van der Waals surface area contributed by atoms with E-state index < -0.39 is 0 Å². The number of hydrogen-bond donors (Lipinski definition) is 3. The van der Waals surface area contributed by atoms with Gasteiger partial charge in [-0.05, 0) is 0 Å². The number of nitrogens with one attached hydrogen (secondary N) is 1. The van der Waals surface area contributed by atoms with Crippen LogP contribution in [0.2, 0.25) is 0 Å². The van der Waals surface area contributed by atoms with E-state index in [1.165, 1.54) is 0 Å². The predicted molar refractivity (Wildman–Crippen MR) is 104 cm³/mol. The summed E-state index contributed by atoms with van der Waals surface area (Å²) in [6, 6.07) is 4.24. The number of amides is 2. The average molecular weight is 380 g/mol. The van der Waals surface area contributed by atoms with Crippen LogP contribution in [0.25, 0.3) is 0 Å². The van der Waals surface area contributed by atoms with Gasteiger partial charge in [0.15, 0.2) is 0 Å². The molecule has 152 valence electrons. The lowest BCUT2D eigenvalue weighted by molar-refractivity contribution is 0.178. The first-order chi connectivity index (χ1) is 13.2. The van der Waals surface area contributed by atoms with E-state index in [1.54, 1.807) is 4.90 Å². The molecule has 10 nitrogen and oxygen atoms in total. The topological polar surface area (TPSA) is 142 Å². The molecule has 0 radical (unpaired) electrons. The number of nitriles is 2. The third-order valence-corrected chi connectivity index (χ3v) is 4.51. The molecule has 0 aromatic carbocycles. The summed E-state index contributed by atoms with van der Waals surface area (Å²) < 4.78 is 0. The number of carbonyl (C=O) groups excluding carboxylic acids is 1. The van der Waals surface area contributed by atoms with Crippen molar-refractivity contribution in [1.29, 1.82) is 10.5 Å². The van der Waals surface area contributed by atoms with Gasteiger partial charge >= 0.3 is 6.03 Å². The molecule has 1 saturated heterocycles. The molecule has 10 heteroatoms. The molecule has 0 spiro atoms. The zero-order valence-corrected chi connectivity index (χ0v) is 16.1. The standard InChI is InChI=1S/C17H33N9O/c18-1-5-22-6-10-25-15-16-26(17(25)27)14-13-24(9-4-21)12-11-23(7-2-19)8-3-20/h22H,1,4-16,18,21H2. The van der Waals surface area contributed by atoms with Crippen molar-refractivity contribution >= 4 is 6.03 Å². The third kappa shape index (κ3) is 9.00. The highest BCUT2D eigenvalue weighted by molar-refractivity contribution is 5.76. The summed E-state index contributed by atoms with van der Waals surface area (Å²) >= 11 is 0. The van der Waals surface area contributed by atoms with E-state index in [9.17, 15) is 4.79 Å². The highest BCUT2D eigenvalue weighted by Crippen LogP contribution is 2.08. The van der Waals surface area contributed by atoms with Gasteiger partial charge in [-0.15, -0.1) is 0 Å². The molecule has 1 rings (SSSR count). The SMILES string of the molecule is N#CCN(CC#N)CCN(CCN)CCN1CCN(CCNCCN)C1=O. The van der Waals surface area contributed by atoms with E-state index in [2.05, 4.69) is 22.4 Å². The molecule has 1 aliphatic heterocycles. The van der Waals surface area contributed by atoms with Gasteiger partial charge in [-0.3, -0.25) is 9.80 Å². The molecule has 0 aromatic rings. The average Bonchev–Trinajstić information content (AvgIpc) is 3.01. The van der Waals surface area contributed by atoms with Crippen molar-refractivity contribution in [2.75, 3.05) is 91.6 Å². The molecule has 2 amide bonds. The highest BCUT2D eigenvalue weighted by atomic mass is 16.2. The van der Waals surface area contributed by atoms with Gasteiger partial charge in [-0.25, -0.2) is 4.79 Å². The quantitative estimate of drug-likeness (QED) is 0.217. The van der Waals surface area contributed by atoms with Crippen molar-refractivity contribution in [2.45, 2.75) is 0 Å². The number of nitrogens with two attached hydrogens (primary N) is 2. The Morgan fingerprint density at radius 2 is 1.52 bits per heavy atom. The maximum absolute atomic E-state index is 12.5. The third-order valence-electron chi connectivity index (χ3n) is 4.51. The van der Waals surface area contributed by atoms with Crippen LogP contribution in [0.5, 0.6) is 0 Å². The first-order valence-electron chi connectivity index (χ1n) is 9.49. The molecular weight excluding hydrogens is 346 g/mol. The first kappa shape index (κ1) is 23.1. The summed E-state index contributed by atoms with van der Waals surface area (Å²) in [7, 11) is 0. The van der Waals surface area contributed by atoms with Gasteiger partial charge in [-0.2, -0.15) is 10.5 Å². The van der Waals surface area contributed by atoms with Crippen LogP contribution in [0.1, 0.15) is 0 Å². The molecule has 0 aromatic heterocycles. The minimum Gasteiger partial charge on any atom is -0.329 e.